The Morgan fingerprint density at radius 3 is 0.849 bits per heavy atom. The Morgan fingerprint density at radius 1 is 0.396 bits per heavy atom. The molecule has 0 aliphatic carbocycles. The number of nitrogens with one attached hydrogen (secondary N) is 2. The summed E-state index contributed by atoms with van der Waals surface area (Å²) < 4.78 is 0. The monoisotopic (exact) mass is 718 g/mol. The molecule has 0 saturated carbocycles. The molecule has 8 nitrogen and oxygen atoms in total. The van der Waals surface area contributed by atoms with Crippen molar-refractivity contribution in [2.24, 2.45) is 0 Å². The van der Waals surface area contributed by atoms with Crippen molar-refractivity contribution in [3.05, 3.63) is 143 Å². The van der Waals surface area contributed by atoms with Gasteiger partial charge < -0.3 is 29.6 Å². The molecule has 6 aliphatic heterocycles. The van der Waals surface area contributed by atoms with Crippen molar-refractivity contribution < 1.29 is 0 Å². The fourth-order valence-electron chi connectivity index (χ4n) is 7.48. The summed E-state index contributed by atoms with van der Waals surface area (Å²) >= 11 is 0. The first kappa shape index (κ1) is 34.1. The molecule has 0 unspecified atom stereocenters. The van der Waals surface area contributed by atoms with Gasteiger partial charge in [-0.3, -0.25) is 0 Å². The quantitative estimate of drug-likeness (QED) is 0.194. The van der Waals surface area contributed by atoms with Crippen molar-refractivity contribution in [3.8, 4) is 0 Å². The lowest BCUT2D eigenvalue weighted by atomic mass is 10.0. The summed E-state index contributed by atoms with van der Waals surface area (Å²) in [5.74, 6) is 0. The van der Waals surface area contributed by atoms with Gasteiger partial charge in [-0.1, -0.05) is 24.3 Å². The molecule has 3 aromatic heterocycles. The molecule has 3 aromatic rings. The van der Waals surface area contributed by atoms with Crippen LogP contribution < -0.4 is 0 Å². The maximum Gasteiger partial charge on any atom is 0.0737 e. The zero-order chi connectivity index (χ0) is 35.3. The van der Waals surface area contributed by atoms with Crippen LogP contribution in [0.1, 0.15) is 45.0 Å². The molecule has 9 heterocycles. The largest absolute Gasteiger partial charge is 0.377 e. The van der Waals surface area contributed by atoms with Crippen LogP contribution >= 0.6 is 12.4 Å². The van der Waals surface area contributed by atoms with E-state index in [9.17, 15) is 0 Å². The number of fused-ring (bicyclic) bond motifs is 8. The molecule has 0 radical (unpaired) electrons. The highest BCUT2D eigenvalue weighted by Crippen LogP contribution is 2.36. The van der Waals surface area contributed by atoms with Crippen LogP contribution in [0.5, 0.6) is 0 Å². The van der Waals surface area contributed by atoms with Gasteiger partial charge in [0, 0.05) is 98.7 Å². The molecule has 0 spiro atoms. The van der Waals surface area contributed by atoms with E-state index >= 15 is 0 Å². The molecule has 8 bridgehead atoms. The fraction of sp³-hybridized carbons (Fsp3) is 0.182. The second-order valence-electron chi connectivity index (χ2n) is 14.2. The second-order valence-corrected chi connectivity index (χ2v) is 14.2. The predicted molar refractivity (Wildman–Crippen MR) is 225 cm³/mol. The molecular formula is C44H43ClN8. The fourth-order valence-corrected chi connectivity index (χ4v) is 7.48. The van der Waals surface area contributed by atoms with Gasteiger partial charge in [-0.2, -0.15) is 0 Å². The van der Waals surface area contributed by atoms with Gasteiger partial charge in [-0.25, -0.2) is 9.97 Å². The van der Waals surface area contributed by atoms with Gasteiger partial charge in [0.25, 0.3) is 0 Å². The lowest BCUT2D eigenvalue weighted by Gasteiger charge is -2.18. The third-order valence-corrected chi connectivity index (χ3v) is 10.3. The summed E-state index contributed by atoms with van der Waals surface area (Å²) in [6.45, 7) is 3.31. The van der Waals surface area contributed by atoms with Crippen LogP contribution in [0.3, 0.4) is 0 Å². The maximum absolute atomic E-state index is 5.43. The van der Waals surface area contributed by atoms with E-state index in [1.165, 1.54) is 0 Å². The molecule has 9 rings (SSSR count). The van der Waals surface area contributed by atoms with Gasteiger partial charge >= 0.3 is 0 Å². The molecule has 9 heteroatoms. The number of aromatic amines is 2. The van der Waals surface area contributed by atoms with Crippen LogP contribution in [-0.4, -0.2) is 93.9 Å². The highest BCUT2D eigenvalue weighted by atomic mass is 35.5. The van der Waals surface area contributed by atoms with Crippen molar-refractivity contribution in [3.63, 3.8) is 0 Å². The normalized spacial score (nSPS) is 17.6. The Morgan fingerprint density at radius 2 is 0.642 bits per heavy atom. The highest BCUT2D eigenvalue weighted by molar-refractivity contribution is 5.99. The van der Waals surface area contributed by atoms with Gasteiger partial charge in [0.15, 0.2) is 0 Å². The van der Waals surface area contributed by atoms with Crippen LogP contribution in [-0.2, 0) is 0 Å². The van der Waals surface area contributed by atoms with E-state index in [4.69, 9.17) is 9.97 Å². The van der Waals surface area contributed by atoms with Gasteiger partial charge in [0.1, 0.15) is 0 Å². The molecule has 0 atom stereocenters. The smallest absolute Gasteiger partial charge is 0.0737 e. The molecule has 53 heavy (non-hydrogen) atoms. The first-order valence-corrected chi connectivity index (χ1v) is 17.9. The number of likely N-dealkylation sites (N-methyl/N-ethyl adjacent to an activating group) is 4. The van der Waals surface area contributed by atoms with E-state index in [0.717, 1.165) is 116 Å². The summed E-state index contributed by atoms with van der Waals surface area (Å²) in [4.78, 5) is 27.3. The van der Waals surface area contributed by atoms with Gasteiger partial charge in [0.2, 0.25) is 0 Å². The number of nitrogens with zero attached hydrogens (tertiary/aromatic N) is 6. The van der Waals surface area contributed by atoms with Crippen LogP contribution in [0.15, 0.2) is 97.7 Å². The Kier molecular flexibility index (Phi) is 8.92. The minimum Gasteiger partial charge on any atom is -0.377 e. The number of rotatable bonds is 4. The van der Waals surface area contributed by atoms with Crippen molar-refractivity contribution in [1.82, 2.24) is 39.5 Å². The molecule has 0 saturated heterocycles. The number of halogens is 1. The topological polar surface area (TPSA) is 70.3 Å². The first-order valence-electron chi connectivity index (χ1n) is 17.9. The molecule has 2 N–H and O–H groups in total. The maximum atomic E-state index is 5.43. The standard InChI is InChI=1S/C44H42N8.ClH/c1-49-21-13-29(14-22-49)41-33-5-7-35(45-33)42(30-15-23-50(2)24-16-30)37-9-11-39(47-37)44(32-19-27-52(4)28-20-32)40-12-10-38(48-40)43(36-8-6-34(41)46-36)31-17-25-51(3)26-18-31;/h5-21,23,25,27,45,48H,22,24,26,28H2,1-4H3;1H. The third-order valence-electron chi connectivity index (χ3n) is 10.3. The highest BCUT2D eigenvalue weighted by Gasteiger charge is 2.21. The van der Waals surface area contributed by atoms with Crippen LogP contribution in [0.2, 0.25) is 0 Å². The van der Waals surface area contributed by atoms with Gasteiger partial charge in [0.05, 0.1) is 22.8 Å². The Balaban J connectivity index is 0.00000400. The zero-order valence-corrected chi connectivity index (χ0v) is 31.3. The van der Waals surface area contributed by atoms with Crippen molar-refractivity contribution in [2.75, 3.05) is 54.4 Å². The Hall–Kier alpha value is -5.99. The second kappa shape index (κ2) is 13.9. The van der Waals surface area contributed by atoms with E-state index in [2.05, 4.69) is 180 Å². The molecule has 6 aliphatic rings. The van der Waals surface area contributed by atoms with Gasteiger partial charge in [-0.05, 0) is 120 Å². The van der Waals surface area contributed by atoms with Crippen LogP contribution in [0.25, 0.3) is 68.7 Å². The van der Waals surface area contributed by atoms with Crippen molar-refractivity contribution in [1.29, 1.82) is 0 Å². The lowest BCUT2D eigenvalue weighted by molar-refractivity contribution is 0.506. The van der Waals surface area contributed by atoms with Crippen molar-refractivity contribution >= 4 is 81.1 Å². The lowest BCUT2D eigenvalue weighted by Crippen LogP contribution is -2.13. The van der Waals surface area contributed by atoms with Crippen LogP contribution in [0, 0.1) is 0 Å². The predicted octanol–water partition coefficient (Wildman–Crippen LogP) is 8.45. The molecule has 266 valence electrons. The summed E-state index contributed by atoms with van der Waals surface area (Å²) in [6, 6.07) is 8.79. The Labute approximate surface area is 316 Å². The Bertz CT molecular complexity index is 2160. The third kappa shape index (κ3) is 6.40. The van der Waals surface area contributed by atoms with Crippen LogP contribution in [0.4, 0.5) is 0 Å². The van der Waals surface area contributed by atoms with E-state index in [1.807, 2.05) is 0 Å². The number of hydrogen-bond acceptors (Lipinski definition) is 6. The van der Waals surface area contributed by atoms with Crippen molar-refractivity contribution in [2.45, 2.75) is 0 Å². The van der Waals surface area contributed by atoms with E-state index in [0.29, 0.717) is 0 Å². The zero-order valence-electron chi connectivity index (χ0n) is 30.5. The summed E-state index contributed by atoms with van der Waals surface area (Å²) in [5, 5.41) is 0. The SMILES string of the molecule is CN1C=CC(c2c3nc(c(C4=CCN(C)C=C4)c4ccc([nH]4)c(C4=CCN(C)C=C4)c4nc(c(C5=CCN(C)C=C5)c5ccc2[nH]5)C=C4)C=C3)=CC1.Cl. The molecule has 0 aromatic carbocycles. The average Bonchev–Trinajstić information content (AvgIpc) is 3.99. The average molecular weight is 719 g/mol. The van der Waals surface area contributed by atoms with Gasteiger partial charge in [-0.15, -0.1) is 12.4 Å². The molecule has 0 fully saturated rings. The minimum absolute atomic E-state index is 0. The minimum atomic E-state index is 0. The number of aromatic nitrogens is 4. The molecular weight excluding hydrogens is 676 g/mol. The number of allylic oxidation sites excluding steroid dienone is 8. The summed E-state index contributed by atoms with van der Waals surface area (Å²) in [5.41, 5.74) is 16.7. The van der Waals surface area contributed by atoms with E-state index in [1.54, 1.807) is 0 Å². The number of hydrogen-bond donors (Lipinski definition) is 2. The van der Waals surface area contributed by atoms with E-state index in [-0.39, 0.29) is 12.4 Å². The summed E-state index contributed by atoms with van der Waals surface area (Å²) in [6.07, 6.45) is 35.2. The number of H-pyrrole nitrogens is 2. The molecule has 0 amide bonds. The first-order chi connectivity index (χ1) is 25.4. The van der Waals surface area contributed by atoms with E-state index < -0.39 is 0 Å². The summed E-state index contributed by atoms with van der Waals surface area (Å²) in [7, 11) is 8.39.